The van der Waals surface area contributed by atoms with Crippen LogP contribution in [-0.2, 0) is 4.57 Å². The standard InChI is InChI=1S/C16H36P.C8H19O3P/c1-5-9-13-17(14-10-6-2,15-11-7-3)16-12-8-4;1-2-3-4-5-6-7-8-12(9,10)11/h5-16H2,1-4H3;2-8H2,1H3,(H2,9,10,11)/q+1;. The van der Waals surface area contributed by atoms with Crippen LogP contribution in [0.5, 0.6) is 0 Å². The van der Waals surface area contributed by atoms with E-state index in [4.69, 9.17) is 9.79 Å². The normalized spacial score (nSPS) is 12.0. The van der Waals surface area contributed by atoms with Crippen molar-refractivity contribution in [2.24, 2.45) is 0 Å². The first-order chi connectivity index (χ1) is 13.8. The van der Waals surface area contributed by atoms with Crippen molar-refractivity contribution >= 4 is 14.9 Å². The molecule has 0 aliphatic rings. The highest BCUT2D eigenvalue weighted by Crippen LogP contribution is 2.61. The monoisotopic (exact) mass is 453 g/mol. The highest BCUT2D eigenvalue weighted by molar-refractivity contribution is 7.75. The van der Waals surface area contributed by atoms with Gasteiger partial charge in [-0.25, -0.2) is 0 Å². The van der Waals surface area contributed by atoms with Crippen molar-refractivity contribution < 1.29 is 14.4 Å². The molecule has 0 aromatic heterocycles. The zero-order valence-electron chi connectivity index (χ0n) is 20.6. The summed E-state index contributed by atoms with van der Waals surface area (Å²) in [7, 11) is -4.28. The molecule has 29 heavy (non-hydrogen) atoms. The van der Waals surface area contributed by atoms with Gasteiger partial charge in [0.05, 0.1) is 24.6 Å². The molecule has 0 aromatic carbocycles. The maximum Gasteiger partial charge on any atom is 0.325 e. The van der Waals surface area contributed by atoms with Gasteiger partial charge >= 0.3 is 7.60 Å². The molecule has 0 saturated heterocycles. The van der Waals surface area contributed by atoms with Crippen molar-refractivity contribution in [1.29, 1.82) is 0 Å². The maximum absolute atomic E-state index is 10.4. The van der Waals surface area contributed by atoms with Crippen LogP contribution < -0.4 is 0 Å². The van der Waals surface area contributed by atoms with E-state index >= 15 is 0 Å². The summed E-state index contributed by atoms with van der Waals surface area (Å²) in [5, 5.41) is 0. The van der Waals surface area contributed by atoms with Crippen LogP contribution in [0, 0.1) is 0 Å². The molecule has 2 N–H and O–H groups in total. The molecule has 0 aliphatic heterocycles. The molecule has 0 radical (unpaired) electrons. The lowest BCUT2D eigenvalue weighted by molar-refractivity contribution is 0.370. The van der Waals surface area contributed by atoms with E-state index in [9.17, 15) is 4.57 Å². The summed E-state index contributed by atoms with van der Waals surface area (Å²) in [5.41, 5.74) is 0. The first-order valence-corrected chi connectivity index (χ1v) is 17.0. The van der Waals surface area contributed by atoms with Crippen molar-refractivity contribution in [1.82, 2.24) is 0 Å². The lowest BCUT2D eigenvalue weighted by Crippen LogP contribution is -2.12. The van der Waals surface area contributed by atoms with E-state index in [-0.39, 0.29) is 6.16 Å². The molecule has 0 rings (SSSR count). The molecule has 0 amide bonds. The van der Waals surface area contributed by atoms with Gasteiger partial charge < -0.3 is 9.79 Å². The Bertz CT molecular complexity index is 332. The van der Waals surface area contributed by atoms with Gasteiger partial charge in [-0.3, -0.25) is 4.57 Å². The lowest BCUT2D eigenvalue weighted by Gasteiger charge is -2.28. The van der Waals surface area contributed by atoms with Gasteiger partial charge in [-0.05, 0) is 32.1 Å². The number of rotatable bonds is 19. The van der Waals surface area contributed by atoms with Crippen molar-refractivity contribution in [2.75, 3.05) is 30.8 Å². The molecule has 0 aliphatic carbocycles. The van der Waals surface area contributed by atoms with Gasteiger partial charge in [0, 0.05) is 13.4 Å². The molecular formula is C24H55O3P2+. The van der Waals surface area contributed by atoms with Crippen LogP contribution in [-0.4, -0.2) is 40.6 Å². The Morgan fingerprint density at radius 2 is 0.828 bits per heavy atom. The fourth-order valence-corrected chi connectivity index (χ4v) is 9.67. The zero-order valence-corrected chi connectivity index (χ0v) is 22.4. The quantitative estimate of drug-likeness (QED) is 0.152. The Kier molecular flexibility index (Phi) is 23.9. The third kappa shape index (κ3) is 23.1. The first kappa shape index (κ1) is 31.8. The highest BCUT2D eigenvalue weighted by atomic mass is 31.2. The van der Waals surface area contributed by atoms with Gasteiger partial charge in [0.25, 0.3) is 0 Å². The van der Waals surface area contributed by atoms with Crippen LogP contribution in [0.3, 0.4) is 0 Å². The Morgan fingerprint density at radius 3 is 1.14 bits per heavy atom. The van der Waals surface area contributed by atoms with Crippen LogP contribution in [0.1, 0.15) is 125 Å². The SMILES string of the molecule is CCCCCCCCP(=O)(O)O.CCCC[P+](CCCC)(CCCC)CCCC. The van der Waals surface area contributed by atoms with Crippen molar-refractivity contribution in [2.45, 2.75) is 125 Å². The van der Waals surface area contributed by atoms with E-state index in [1.54, 1.807) is 24.6 Å². The molecule has 0 spiro atoms. The number of hydrogen-bond donors (Lipinski definition) is 2. The van der Waals surface area contributed by atoms with Gasteiger partial charge in [0.1, 0.15) is 0 Å². The third-order valence-corrected chi connectivity index (χ3v) is 11.7. The van der Waals surface area contributed by atoms with Crippen LogP contribution in [0.2, 0.25) is 0 Å². The van der Waals surface area contributed by atoms with E-state index in [1.165, 1.54) is 70.6 Å². The second-order valence-electron chi connectivity index (χ2n) is 8.81. The molecule has 0 bridgehead atoms. The maximum atomic E-state index is 10.4. The summed E-state index contributed by atoms with van der Waals surface area (Å²) < 4.78 is 10.4. The predicted molar refractivity (Wildman–Crippen MR) is 136 cm³/mol. The van der Waals surface area contributed by atoms with Gasteiger partial charge in [0.2, 0.25) is 0 Å². The van der Waals surface area contributed by atoms with Crippen molar-refractivity contribution in [3.8, 4) is 0 Å². The molecule has 3 nitrogen and oxygen atoms in total. The predicted octanol–water partition coefficient (Wildman–Crippen LogP) is 8.73. The molecule has 178 valence electrons. The average Bonchev–Trinajstić information content (AvgIpc) is 2.69. The second kappa shape index (κ2) is 21.8. The average molecular weight is 454 g/mol. The summed E-state index contributed by atoms with van der Waals surface area (Å²) in [4.78, 5) is 17.1. The minimum absolute atomic E-state index is 0.0547. The third-order valence-electron chi connectivity index (χ3n) is 5.75. The van der Waals surface area contributed by atoms with E-state index in [0.717, 1.165) is 12.8 Å². The van der Waals surface area contributed by atoms with E-state index in [2.05, 4.69) is 34.6 Å². The van der Waals surface area contributed by atoms with Crippen LogP contribution in [0.25, 0.3) is 0 Å². The lowest BCUT2D eigenvalue weighted by atomic mass is 10.1. The molecule has 0 saturated carbocycles. The first-order valence-electron chi connectivity index (χ1n) is 12.7. The summed E-state index contributed by atoms with van der Waals surface area (Å²) in [5.74, 6) is 0. The van der Waals surface area contributed by atoms with Crippen LogP contribution in [0.15, 0.2) is 0 Å². The zero-order chi connectivity index (χ0) is 22.4. The topological polar surface area (TPSA) is 57.5 Å². The minimum Gasteiger partial charge on any atom is -0.324 e. The Morgan fingerprint density at radius 1 is 0.517 bits per heavy atom. The van der Waals surface area contributed by atoms with Crippen molar-refractivity contribution in [3.05, 3.63) is 0 Å². The summed E-state index contributed by atoms with van der Waals surface area (Å²) in [6.45, 7) is 11.6. The molecule has 0 aromatic rings. The van der Waals surface area contributed by atoms with Gasteiger partial charge in [0.15, 0.2) is 0 Å². The van der Waals surface area contributed by atoms with Crippen LogP contribution >= 0.6 is 14.9 Å². The molecule has 0 fully saturated rings. The Labute approximate surface area is 184 Å². The smallest absolute Gasteiger partial charge is 0.324 e. The van der Waals surface area contributed by atoms with E-state index in [1.807, 2.05) is 0 Å². The number of hydrogen-bond acceptors (Lipinski definition) is 1. The molecular weight excluding hydrogens is 398 g/mol. The Hall–Kier alpha value is 0.580. The second-order valence-corrected chi connectivity index (χ2v) is 15.1. The fourth-order valence-electron chi connectivity index (χ4n) is 3.74. The summed E-state index contributed by atoms with van der Waals surface area (Å²) in [6, 6.07) is 0. The van der Waals surface area contributed by atoms with E-state index < -0.39 is 14.9 Å². The summed E-state index contributed by atoms with van der Waals surface area (Å²) in [6.07, 6.45) is 24.3. The molecule has 0 unspecified atom stereocenters. The molecule has 0 atom stereocenters. The molecule has 5 heteroatoms. The van der Waals surface area contributed by atoms with Gasteiger partial charge in [-0.1, -0.05) is 92.4 Å². The fraction of sp³-hybridized carbons (Fsp3) is 1.00. The Balaban J connectivity index is 0. The minimum atomic E-state index is -3.72. The van der Waals surface area contributed by atoms with E-state index in [0.29, 0.717) is 6.42 Å². The van der Waals surface area contributed by atoms with Gasteiger partial charge in [-0.2, -0.15) is 0 Å². The van der Waals surface area contributed by atoms with Crippen molar-refractivity contribution in [3.63, 3.8) is 0 Å². The highest BCUT2D eigenvalue weighted by Gasteiger charge is 2.34. The van der Waals surface area contributed by atoms with Gasteiger partial charge in [-0.15, -0.1) is 0 Å². The number of unbranched alkanes of at least 4 members (excludes halogenated alkanes) is 9. The summed E-state index contributed by atoms with van der Waals surface area (Å²) >= 11 is 0. The largest absolute Gasteiger partial charge is 0.325 e. The molecule has 0 heterocycles. The van der Waals surface area contributed by atoms with Crippen LogP contribution in [0.4, 0.5) is 0 Å².